The number of carbonyl (C=O) groups excluding carboxylic acids is 1. The van der Waals surface area contributed by atoms with E-state index < -0.39 is 17.5 Å². The predicted molar refractivity (Wildman–Crippen MR) is 57.8 cm³/mol. The normalized spacial score (nSPS) is 10.1. The first-order valence-electron chi connectivity index (χ1n) is 4.08. The van der Waals surface area contributed by atoms with E-state index in [2.05, 4.69) is 5.32 Å². The van der Waals surface area contributed by atoms with Crippen molar-refractivity contribution < 1.29 is 13.6 Å². The number of anilines is 2. The van der Waals surface area contributed by atoms with E-state index in [-0.39, 0.29) is 17.1 Å². The second-order valence-corrected chi connectivity index (χ2v) is 3.67. The Morgan fingerprint density at radius 3 is 2.80 bits per heavy atom. The molecule has 0 heterocycles. The van der Waals surface area contributed by atoms with E-state index in [9.17, 15) is 13.6 Å². The summed E-state index contributed by atoms with van der Waals surface area (Å²) in [6.45, 7) is 0. The molecule has 0 saturated carbocycles. The van der Waals surface area contributed by atoms with Crippen LogP contribution >= 0.6 is 11.8 Å². The highest BCUT2D eigenvalue weighted by atomic mass is 32.2. The fourth-order valence-corrected chi connectivity index (χ4v) is 1.33. The number of rotatable bonds is 3. The third-order valence-electron chi connectivity index (χ3n) is 1.67. The highest BCUT2D eigenvalue weighted by molar-refractivity contribution is 7.99. The molecule has 82 valence electrons. The van der Waals surface area contributed by atoms with Crippen molar-refractivity contribution in [2.45, 2.75) is 0 Å². The van der Waals surface area contributed by atoms with E-state index in [1.807, 2.05) is 0 Å². The molecule has 1 aromatic rings. The summed E-state index contributed by atoms with van der Waals surface area (Å²) in [6.07, 6.45) is 1.73. The van der Waals surface area contributed by atoms with Gasteiger partial charge in [0, 0.05) is 0 Å². The first-order valence-corrected chi connectivity index (χ1v) is 5.48. The second-order valence-electron chi connectivity index (χ2n) is 2.81. The van der Waals surface area contributed by atoms with Crippen molar-refractivity contribution in [1.82, 2.24) is 0 Å². The van der Waals surface area contributed by atoms with Gasteiger partial charge in [-0.05, 0) is 18.4 Å². The molecule has 6 heteroatoms. The van der Waals surface area contributed by atoms with Crippen molar-refractivity contribution in [2.24, 2.45) is 0 Å². The summed E-state index contributed by atoms with van der Waals surface area (Å²) in [5.74, 6) is -2.43. The van der Waals surface area contributed by atoms with Crippen LogP contribution in [0.15, 0.2) is 12.1 Å². The van der Waals surface area contributed by atoms with Crippen molar-refractivity contribution in [2.75, 3.05) is 23.1 Å². The van der Waals surface area contributed by atoms with Gasteiger partial charge in [0.15, 0.2) is 11.6 Å². The molecule has 0 aromatic heterocycles. The molecule has 0 aliphatic heterocycles. The summed E-state index contributed by atoms with van der Waals surface area (Å²) in [7, 11) is 0. The summed E-state index contributed by atoms with van der Waals surface area (Å²) < 4.78 is 26.0. The number of nitrogen functional groups attached to an aromatic ring is 1. The van der Waals surface area contributed by atoms with Crippen LogP contribution in [0.1, 0.15) is 0 Å². The quantitative estimate of drug-likeness (QED) is 0.782. The van der Waals surface area contributed by atoms with Crippen LogP contribution in [0, 0.1) is 11.6 Å². The van der Waals surface area contributed by atoms with E-state index in [0.29, 0.717) is 0 Å². The minimum absolute atomic E-state index is 0.00310. The molecule has 0 aliphatic carbocycles. The standard InChI is InChI=1S/C9H10F2N2OS/c1-15-4-7(14)13-9-6(12)3-2-5(10)8(9)11/h2-3H,4,12H2,1H3,(H,13,14). The van der Waals surface area contributed by atoms with Gasteiger partial charge in [0.2, 0.25) is 5.91 Å². The molecule has 0 fully saturated rings. The predicted octanol–water partition coefficient (Wildman–Crippen LogP) is 1.85. The largest absolute Gasteiger partial charge is 0.397 e. The topological polar surface area (TPSA) is 55.1 Å². The number of hydrogen-bond acceptors (Lipinski definition) is 3. The molecule has 0 aliphatic rings. The molecule has 0 spiro atoms. The molecular formula is C9H10F2N2OS. The number of halogens is 2. The average Bonchev–Trinajstić information content (AvgIpc) is 2.19. The van der Waals surface area contributed by atoms with Gasteiger partial charge in [-0.3, -0.25) is 4.79 Å². The lowest BCUT2D eigenvalue weighted by molar-refractivity contribution is -0.113. The van der Waals surface area contributed by atoms with Crippen LogP contribution in [0.3, 0.4) is 0 Å². The molecule has 1 rings (SSSR count). The molecule has 0 unspecified atom stereocenters. The fraction of sp³-hybridized carbons (Fsp3) is 0.222. The van der Waals surface area contributed by atoms with E-state index in [1.54, 1.807) is 6.26 Å². The molecule has 3 nitrogen and oxygen atoms in total. The van der Waals surface area contributed by atoms with E-state index in [4.69, 9.17) is 5.73 Å². The summed E-state index contributed by atoms with van der Waals surface area (Å²) in [5.41, 5.74) is 5.11. The maximum Gasteiger partial charge on any atom is 0.234 e. The van der Waals surface area contributed by atoms with Crippen molar-refractivity contribution in [1.29, 1.82) is 0 Å². The zero-order chi connectivity index (χ0) is 11.4. The van der Waals surface area contributed by atoms with Gasteiger partial charge >= 0.3 is 0 Å². The minimum atomic E-state index is -1.13. The Balaban J connectivity index is 2.93. The molecule has 0 atom stereocenters. The lowest BCUT2D eigenvalue weighted by Gasteiger charge is -2.08. The molecule has 1 amide bonds. The smallest absolute Gasteiger partial charge is 0.234 e. The molecule has 0 radical (unpaired) electrons. The van der Waals surface area contributed by atoms with Crippen LogP contribution in [0.2, 0.25) is 0 Å². The average molecular weight is 232 g/mol. The molecule has 1 aromatic carbocycles. The minimum Gasteiger partial charge on any atom is -0.397 e. The number of nitrogens with one attached hydrogen (secondary N) is 1. The summed E-state index contributed by atoms with van der Waals surface area (Å²) in [4.78, 5) is 11.2. The Hall–Kier alpha value is -1.30. The Labute approximate surface area is 90.0 Å². The van der Waals surface area contributed by atoms with E-state index in [0.717, 1.165) is 6.07 Å². The van der Waals surface area contributed by atoms with Crippen molar-refractivity contribution in [3.8, 4) is 0 Å². The van der Waals surface area contributed by atoms with Gasteiger partial charge in [-0.2, -0.15) is 11.8 Å². The highest BCUT2D eigenvalue weighted by Crippen LogP contribution is 2.24. The summed E-state index contributed by atoms with van der Waals surface area (Å²) in [6, 6.07) is 2.11. The number of benzene rings is 1. The maximum absolute atomic E-state index is 13.2. The second kappa shape index (κ2) is 4.97. The molecule has 15 heavy (non-hydrogen) atoms. The number of hydrogen-bond donors (Lipinski definition) is 2. The third-order valence-corrected chi connectivity index (χ3v) is 2.22. The molecular weight excluding hydrogens is 222 g/mol. The lowest BCUT2D eigenvalue weighted by Crippen LogP contribution is -2.16. The zero-order valence-corrected chi connectivity index (χ0v) is 8.83. The zero-order valence-electron chi connectivity index (χ0n) is 8.01. The van der Waals surface area contributed by atoms with Crippen LogP contribution in [-0.2, 0) is 4.79 Å². The van der Waals surface area contributed by atoms with Crippen LogP contribution in [0.25, 0.3) is 0 Å². The number of amides is 1. The maximum atomic E-state index is 13.2. The van der Waals surface area contributed by atoms with Gasteiger partial charge in [0.05, 0.1) is 11.4 Å². The Kier molecular flexibility index (Phi) is 3.90. The Bertz CT molecular complexity index is 385. The van der Waals surface area contributed by atoms with Crippen molar-refractivity contribution >= 4 is 29.0 Å². The van der Waals surface area contributed by atoms with Gasteiger partial charge in [0.25, 0.3) is 0 Å². The third kappa shape index (κ3) is 2.82. The van der Waals surface area contributed by atoms with Crippen molar-refractivity contribution in [3.63, 3.8) is 0 Å². The number of nitrogens with two attached hydrogens (primary N) is 1. The van der Waals surface area contributed by atoms with Crippen molar-refractivity contribution in [3.05, 3.63) is 23.8 Å². The summed E-state index contributed by atoms with van der Waals surface area (Å²) >= 11 is 1.28. The van der Waals surface area contributed by atoms with Crippen LogP contribution in [0.4, 0.5) is 20.2 Å². The SMILES string of the molecule is CSCC(=O)Nc1c(N)ccc(F)c1F. The number of thioether (sulfide) groups is 1. The van der Waals surface area contributed by atoms with Crippen LogP contribution in [-0.4, -0.2) is 17.9 Å². The van der Waals surface area contributed by atoms with E-state index >= 15 is 0 Å². The number of carbonyl (C=O) groups is 1. The van der Waals surface area contributed by atoms with Gasteiger partial charge in [-0.15, -0.1) is 0 Å². The molecule has 3 N–H and O–H groups in total. The first kappa shape index (κ1) is 11.8. The highest BCUT2D eigenvalue weighted by Gasteiger charge is 2.13. The van der Waals surface area contributed by atoms with Gasteiger partial charge in [0.1, 0.15) is 5.69 Å². The summed E-state index contributed by atoms with van der Waals surface area (Å²) in [5, 5.41) is 2.22. The molecule has 0 saturated heterocycles. The molecule has 0 bridgehead atoms. The van der Waals surface area contributed by atoms with Crippen LogP contribution < -0.4 is 11.1 Å². The van der Waals surface area contributed by atoms with Crippen LogP contribution in [0.5, 0.6) is 0 Å². The Morgan fingerprint density at radius 1 is 1.53 bits per heavy atom. The fourth-order valence-electron chi connectivity index (χ4n) is 0.999. The Morgan fingerprint density at radius 2 is 2.20 bits per heavy atom. The van der Waals surface area contributed by atoms with Gasteiger partial charge in [-0.1, -0.05) is 0 Å². The van der Waals surface area contributed by atoms with E-state index in [1.165, 1.54) is 17.8 Å². The lowest BCUT2D eigenvalue weighted by atomic mass is 10.2. The monoisotopic (exact) mass is 232 g/mol. The first-order chi connectivity index (χ1) is 7.06. The van der Waals surface area contributed by atoms with Gasteiger partial charge < -0.3 is 11.1 Å². The van der Waals surface area contributed by atoms with Gasteiger partial charge in [-0.25, -0.2) is 8.78 Å².